The van der Waals surface area contributed by atoms with Crippen molar-refractivity contribution < 1.29 is 0 Å². The fraction of sp³-hybridized carbons (Fsp3) is 0.0833. The van der Waals surface area contributed by atoms with Crippen molar-refractivity contribution in [1.29, 1.82) is 0 Å². The Morgan fingerprint density at radius 3 is 2.75 bits per heavy atom. The summed E-state index contributed by atoms with van der Waals surface area (Å²) >= 11 is 0. The molecule has 0 saturated heterocycles. The monoisotopic (exact) mass is 233 g/mol. The lowest BCUT2D eigenvalue weighted by Gasteiger charge is -1.98. The smallest absolute Gasteiger partial charge is 0.125 e. The van der Waals surface area contributed by atoms with Crippen LogP contribution in [0.25, 0.3) is 21.8 Å². The van der Waals surface area contributed by atoms with E-state index in [0.717, 1.165) is 16.7 Å². The minimum Gasteiger partial charge on any atom is -0.384 e. The normalized spacial score (nSPS) is 10.6. The highest BCUT2D eigenvalue weighted by atomic mass is 35.5. The number of H-pyrrole nitrogens is 1. The Hall–Kier alpha value is -1.74. The third-order valence-electron chi connectivity index (χ3n) is 2.69. The molecule has 3 aromatic rings. The van der Waals surface area contributed by atoms with E-state index in [-0.39, 0.29) is 12.4 Å². The fourth-order valence-corrected chi connectivity index (χ4v) is 2.09. The van der Waals surface area contributed by atoms with Crippen LogP contribution in [0.15, 0.2) is 30.3 Å². The molecule has 0 spiro atoms. The molecule has 0 aliphatic rings. The lowest BCUT2D eigenvalue weighted by molar-refractivity contribution is 1.25. The van der Waals surface area contributed by atoms with Crippen molar-refractivity contribution in [3.8, 4) is 0 Å². The first kappa shape index (κ1) is 10.8. The van der Waals surface area contributed by atoms with E-state index in [1.807, 2.05) is 25.1 Å². The number of aromatic nitrogens is 2. The van der Waals surface area contributed by atoms with Crippen LogP contribution in [-0.2, 0) is 0 Å². The van der Waals surface area contributed by atoms with Gasteiger partial charge >= 0.3 is 0 Å². The van der Waals surface area contributed by atoms with E-state index >= 15 is 0 Å². The molecule has 3 rings (SSSR count). The summed E-state index contributed by atoms with van der Waals surface area (Å²) in [5.74, 6) is 0.562. The second-order valence-electron chi connectivity index (χ2n) is 3.73. The zero-order valence-electron chi connectivity index (χ0n) is 8.82. The van der Waals surface area contributed by atoms with Gasteiger partial charge in [-0.2, -0.15) is 0 Å². The highest BCUT2D eigenvalue weighted by molar-refractivity contribution is 6.08. The molecule has 3 N–H and O–H groups in total. The molecule has 0 fully saturated rings. The Morgan fingerprint density at radius 2 is 1.94 bits per heavy atom. The van der Waals surface area contributed by atoms with Crippen LogP contribution < -0.4 is 5.73 Å². The molecular formula is C12H12ClN3. The number of aromatic amines is 1. The molecule has 0 amide bonds. The van der Waals surface area contributed by atoms with Crippen LogP contribution in [0.3, 0.4) is 0 Å². The molecule has 2 heterocycles. The van der Waals surface area contributed by atoms with E-state index < -0.39 is 0 Å². The van der Waals surface area contributed by atoms with Crippen molar-refractivity contribution >= 4 is 40.0 Å². The molecule has 0 bridgehead atoms. The van der Waals surface area contributed by atoms with E-state index in [0.29, 0.717) is 5.82 Å². The predicted molar refractivity (Wildman–Crippen MR) is 70.0 cm³/mol. The van der Waals surface area contributed by atoms with Gasteiger partial charge in [0.25, 0.3) is 0 Å². The summed E-state index contributed by atoms with van der Waals surface area (Å²) in [7, 11) is 0. The van der Waals surface area contributed by atoms with Gasteiger partial charge in [-0.05, 0) is 13.0 Å². The third-order valence-corrected chi connectivity index (χ3v) is 2.69. The van der Waals surface area contributed by atoms with Gasteiger partial charge in [0.1, 0.15) is 5.82 Å². The van der Waals surface area contributed by atoms with Gasteiger partial charge in [0.05, 0.1) is 5.52 Å². The van der Waals surface area contributed by atoms with Gasteiger partial charge in [-0.3, -0.25) is 0 Å². The maximum absolute atomic E-state index is 5.72. The SMILES string of the molecule is Cc1nc(N)cc2[nH]c3ccccc3c12.Cl. The number of nitrogens with one attached hydrogen (secondary N) is 1. The van der Waals surface area contributed by atoms with E-state index in [1.165, 1.54) is 10.8 Å². The van der Waals surface area contributed by atoms with Crippen molar-refractivity contribution in [2.75, 3.05) is 5.73 Å². The highest BCUT2D eigenvalue weighted by Crippen LogP contribution is 2.27. The number of nitrogens with two attached hydrogens (primary N) is 1. The van der Waals surface area contributed by atoms with E-state index in [1.54, 1.807) is 0 Å². The quantitative estimate of drug-likeness (QED) is 0.627. The van der Waals surface area contributed by atoms with Gasteiger partial charge in [-0.25, -0.2) is 4.98 Å². The lowest BCUT2D eigenvalue weighted by atomic mass is 10.1. The molecular weight excluding hydrogens is 222 g/mol. The number of fused-ring (bicyclic) bond motifs is 3. The predicted octanol–water partition coefficient (Wildman–Crippen LogP) is 3.03. The summed E-state index contributed by atoms with van der Waals surface area (Å²) in [6.07, 6.45) is 0. The summed E-state index contributed by atoms with van der Waals surface area (Å²) in [6.45, 7) is 1.99. The van der Waals surface area contributed by atoms with Gasteiger partial charge in [-0.15, -0.1) is 12.4 Å². The van der Waals surface area contributed by atoms with Gasteiger partial charge in [0.2, 0.25) is 0 Å². The largest absolute Gasteiger partial charge is 0.384 e. The first-order valence-corrected chi connectivity index (χ1v) is 4.89. The molecule has 0 atom stereocenters. The van der Waals surface area contributed by atoms with Crippen LogP contribution in [-0.4, -0.2) is 9.97 Å². The summed E-state index contributed by atoms with van der Waals surface area (Å²) in [5, 5.41) is 2.37. The standard InChI is InChI=1S/C12H11N3.ClH/c1-7-12-8-4-2-3-5-9(8)15-10(12)6-11(13)14-7;/h2-6,15H,1H3,(H2,13,14);1H. The number of benzene rings is 1. The number of aryl methyl sites for hydroxylation is 1. The van der Waals surface area contributed by atoms with Crippen molar-refractivity contribution in [3.63, 3.8) is 0 Å². The number of hydrogen-bond donors (Lipinski definition) is 2. The van der Waals surface area contributed by atoms with Crippen LogP contribution in [0.4, 0.5) is 5.82 Å². The molecule has 0 aliphatic carbocycles. The van der Waals surface area contributed by atoms with Crippen molar-refractivity contribution in [3.05, 3.63) is 36.0 Å². The van der Waals surface area contributed by atoms with Gasteiger partial charge in [-0.1, -0.05) is 18.2 Å². The Labute approximate surface area is 99.1 Å². The number of pyridine rings is 1. The first-order valence-electron chi connectivity index (χ1n) is 4.89. The molecule has 16 heavy (non-hydrogen) atoms. The van der Waals surface area contributed by atoms with Gasteiger partial charge < -0.3 is 10.7 Å². The van der Waals surface area contributed by atoms with Crippen molar-refractivity contribution in [2.45, 2.75) is 6.92 Å². The van der Waals surface area contributed by atoms with E-state index in [2.05, 4.69) is 22.1 Å². The first-order chi connectivity index (χ1) is 7.25. The van der Waals surface area contributed by atoms with Crippen LogP contribution in [0, 0.1) is 6.92 Å². The van der Waals surface area contributed by atoms with Crippen LogP contribution in [0.5, 0.6) is 0 Å². The van der Waals surface area contributed by atoms with Crippen LogP contribution in [0.2, 0.25) is 0 Å². The van der Waals surface area contributed by atoms with Crippen LogP contribution >= 0.6 is 12.4 Å². The van der Waals surface area contributed by atoms with Crippen molar-refractivity contribution in [1.82, 2.24) is 9.97 Å². The molecule has 0 unspecified atom stereocenters. The van der Waals surface area contributed by atoms with Gasteiger partial charge in [0.15, 0.2) is 0 Å². The molecule has 82 valence electrons. The zero-order chi connectivity index (χ0) is 10.4. The maximum atomic E-state index is 5.72. The number of rotatable bonds is 0. The summed E-state index contributed by atoms with van der Waals surface area (Å²) in [6, 6.07) is 10.1. The molecule has 0 aliphatic heterocycles. The molecule has 0 radical (unpaired) electrons. The van der Waals surface area contributed by atoms with E-state index in [9.17, 15) is 0 Å². The number of halogens is 1. The second kappa shape index (κ2) is 3.68. The second-order valence-corrected chi connectivity index (χ2v) is 3.73. The maximum Gasteiger partial charge on any atom is 0.125 e. The topological polar surface area (TPSA) is 54.7 Å². The number of anilines is 1. The Bertz CT molecular complexity index is 658. The third kappa shape index (κ3) is 1.41. The van der Waals surface area contributed by atoms with Crippen molar-refractivity contribution in [2.24, 2.45) is 0 Å². The minimum atomic E-state index is 0. The molecule has 1 aromatic carbocycles. The number of hydrogen-bond acceptors (Lipinski definition) is 2. The molecule has 2 aromatic heterocycles. The minimum absolute atomic E-state index is 0. The van der Waals surface area contributed by atoms with E-state index in [4.69, 9.17) is 5.73 Å². The Balaban J connectivity index is 0.000000963. The lowest BCUT2D eigenvalue weighted by Crippen LogP contribution is -1.91. The molecule has 0 saturated carbocycles. The Morgan fingerprint density at radius 1 is 1.19 bits per heavy atom. The number of nitrogen functional groups attached to an aromatic ring is 1. The average molecular weight is 234 g/mol. The zero-order valence-corrected chi connectivity index (χ0v) is 9.64. The molecule has 4 heteroatoms. The highest BCUT2D eigenvalue weighted by Gasteiger charge is 2.07. The summed E-state index contributed by atoms with van der Waals surface area (Å²) in [4.78, 5) is 7.62. The summed E-state index contributed by atoms with van der Waals surface area (Å²) in [5.41, 5.74) is 8.87. The van der Waals surface area contributed by atoms with Gasteiger partial charge in [0, 0.05) is 28.0 Å². The molecule has 3 nitrogen and oxygen atoms in total. The van der Waals surface area contributed by atoms with Crippen LogP contribution in [0.1, 0.15) is 5.69 Å². The number of nitrogens with zero attached hydrogens (tertiary/aromatic N) is 1. The number of para-hydroxylation sites is 1. The average Bonchev–Trinajstić information content (AvgIpc) is 2.54. The summed E-state index contributed by atoms with van der Waals surface area (Å²) < 4.78 is 0. The fourth-order valence-electron chi connectivity index (χ4n) is 2.09. The Kier molecular flexibility index (Phi) is 2.48.